The molecule has 0 atom stereocenters. The fraction of sp³-hybridized carbons (Fsp3) is 0. The quantitative estimate of drug-likeness (QED) is 0.384. The Bertz CT molecular complexity index is 766. The van der Waals surface area contributed by atoms with Crippen LogP contribution in [0.4, 0.5) is 0 Å². The zero-order valence-electron chi connectivity index (χ0n) is 10.7. The molecule has 0 unspecified atom stereocenters. The maximum atomic E-state index is 11.9. The van der Waals surface area contributed by atoms with E-state index in [1.54, 1.807) is 6.08 Å². The van der Waals surface area contributed by atoms with Gasteiger partial charge in [0.25, 0.3) is 0 Å². The predicted molar refractivity (Wildman–Crippen MR) is 93.9 cm³/mol. The van der Waals surface area contributed by atoms with Crippen molar-refractivity contribution in [2.45, 2.75) is 0 Å². The van der Waals surface area contributed by atoms with E-state index in [4.69, 9.17) is 4.74 Å². The standard InChI is InChI=1S/C16H9BrINO2/c17-12-7-5-10(6-8-12)15-19-14(16(20)21-15)9-11-3-1-2-4-13(11)18/h1-9H/b14-9+. The Kier molecular flexibility index (Phi) is 4.21. The Hall–Kier alpha value is -1.47. The van der Waals surface area contributed by atoms with Gasteiger partial charge in [-0.25, -0.2) is 9.79 Å². The predicted octanol–water partition coefficient (Wildman–Crippen LogP) is 4.40. The number of carbonyl (C=O) groups excluding carboxylic acids is 1. The maximum Gasteiger partial charge on any atom is 0.363 e. The molecule has 1 aliphatic rings. The molecular formula is C16H9BrINO2. The lowest BCUT2D eigenvalue weighted by molar-refractivity contribution is -0.129. The first-order chi connectivity index (χ1) is 10.1. The van der Waals surface area contributed by atoms with E-state index in [0.29, 0.717) is 11.6 Å². The summed E-state index contributed by atoms with van der Waals surface area (Å²) in [6.45, 7) is 0. The Morgan fingerprint density at radius 2 is 1.81 bits per heavy atom. The number of cyclic esters (lactones) is 1. The normalized spacial score (nSPS) is 16.0. The highest BCUT2D eigenvalue weighted by Crippen LogP contribution is 2.22. The van der Waals surface area contributed by atoms with Crippen LogP contribution in [0, 0.1) is 3.57 Å². The van der Waals surface area contributed by atoms with E-state index < -0.39 is 5.97 Å². The van der Waals surface area contributed by atoms with Crippen molar-refractivity contribution in [2.24, 2.45) is 4.99 Å². The van der Waals surface area contributed by atoms with Crippen LogP contribution in [0.15, 0.2) is 63.7 Å². The molecular weight excluding hydrogens is 445 g/mol. The molecule has 104 valence electrons. The number of carbonyl (C=O) groups is 1. The summed E-state index contributed by atoms with van der Waals surface area (Å²) in [5.41, 5.74) is 2.04. The van der Waals surface area contributed by atoms with E-state index in [1.807, 2.05) is 48.5 Å². The van der Waals surface area contributed by atoms with Gasteiger partial charge in [0.15, 0.2) is 5.70 Å². The van der Waals surface area contributed by atoms with Crippen molar-refractivity contribution in [3.63, 3.8) is 0 Å². The van der Waals surface area contributed by atoms with Gasteiger partial charge in [-0.3, -0.25) is 0 Å². The van der Waals surface area contributed by atoms with E-state index in [2.05, 4.69) is 43.5 Å². The van der Waals surface area contributed by atoms with Crippen LogP contribution in [-0.2, 0) is 9.53 Å². The molecule has 0 amide bonds. The van der Waals surface area contributed by atoms with Crippen LogP contribution in [0.25, 0.3) is 6.08 Å². The molecule has 21 heavy (non-hydrogen) atoms. The van der Waals surface area contributed by atoms with E-state index in [1.165, 1.54) is 0 Å². The third-order valence-electron chi connectivity index (χ3n) is 2.91. The van der Waals surface area contributed by atoms with Gasteiger partial charge >= 0.3 is 5.97 Å². The first kappa shape index (κ1) is 14.5. The van der Waals surface area contributed by atoms with Crippen molar-refractivity contribution in [1.29, 1.82) is 0 Å². The summed E-state index contributed by atoms with van der Waals surface area (Å²) in [5.74, 6) is -0.0859. The summed E-state index contributed by atoms with van der Waals surface area (Å²) in [7, 11) is 0. The van der Waals surface area contributed by atoms with E-state index in [-0.39, 0.29) is 0 Å². The van der Waals surface area contributed by atoms with Gasteiger partial charge in [0.2, 0.25) is 5.90 Å². The van der Waals surface area contributed by atoms with Crippen molar-refractivity contribution in [2.75, 3.05) is 0 Å². The Labute approximate surface area is 144 Å². The lowest BCUT2D eigenvalue weighted by Gasteiger charge is -1.98. The molecule has 5 heteroatoms. The van der Waals surface area contributed by atoms with E-state index in [9.17, 15) is 4.79 Å². The van der Waals surface area contributed by atoms with Crippen molar-refractivity contribution < 1.29 is 9.53 Å². The van der Waals surface area contributed by atoms with Gasteiger partial charge in [-0.05, 0) is 64.6 Å². The highest BCUT2D eigenvalue weighted by Gasteiger charge is 2.24. The number of hydrogen-bond donors (Lipinski definition) is 0. The minimum Gasteiger partial charge on any atom is -0.402 e. The smallest absolute Gasteiger partial charge is 0.363 e. The van der Waals surface area contributed by atoms with Crippen LogP contribution in [-0.4, -0.2) is 11.9 Å². The second-order valence-corrected chi connectivity index (χ2v) is 6.44. The molecule has 0 aliphatic carbocycles. The highest BCUT2D eigenvalue weighted by molar-refractivity contribution is 14.1. The lowest BCUT2D eigenvalue weighted by atomic mass is 10.2. The van der Waals surface area contributed by atoms with Crippen LogP contribution in [0.2, 0.25) is 0 Å². The average molecular weight is 454 g/mol. The molecule has 0 fully saturated rings. The first-order valence-electron chi connectivity index (χ1n) is 6.16. The number of benzene rings is 2. The van der Waals surface area contributed by atoms with Gasteiger partial charge in [0.1, 0.15) is 0 Å². The van der Waals surface area contributed by atoms with Gasteiger partial charge in [0.05, 0.1) is 0 Å². The summed E-state index contributed by atoms with van der Waals surface area (Å²) >= 11 is 5.59. The van der Waals surface area contributed by atoms with Gasteiger partial charge in [-0.15, -0.1) is 0 Å². The van der Waals surface area contributed by atoms with Crippen LogP contribution >= 0.6 is 38.5 Å². The summed E-state index contributed by atoms with van der Waals surface area (Å²) in [5, 5.41) is 0. The molecule has 0 saturated heterocycles. The molecule has 3 rings (SSSR count). The number of nitrogens with zero attached hydrogens (tertiary/aromatic N) is 1. The molecule has 2 aromatic rings. The van der Waals surface area contributed by atoms with Gasteiger partial charge in [-0.2, -0.15) is 0 Å². The second-order valence-electron chi connectivity index (χ2n) is 4.36. The van der Waals surface area contributed by atoms with E-state index in [0.717, 1.165) is 19.2 Å². The van der Waals surface area contributed by atoms with Crippen LogP contribution in [0.1, 0.15) is 11.1 Å². The number of hydrogen-bond acceptors (Lipinski definition) is 3. The molecule has 0 spiro atoms. The fourth-order valence-corrected chi connectivity index (χ4v) is 2.67. The maximum absolute atomic E-state index is 11.9. The van der Waals surface area contributed by atoms with Crippen LogP contribution < -0.4 is 0 Å². The monoisotopic (exact) mass is 453 g/mol. The Morgan fingerprint density at radius 1 is 1.10 bits per heavy atom. The fourth-order valence-electron chi connectivity index (χ4n) is 1.86. The minimum absolute atomic E-state index is 0.317. The Morgan fingerprint density at radius 3 is 2.52 bits per heavy atom. The van der Waals surface area contributed by atoms with Crippen LogP contribution in [0.3, 0.4) is 0 Å². The summed E-state index contributed by atoms with van der Waals surface area (Å²) in [6, 6.07) is 15.3. The second kappa shape index (κ2) is 6.11. The molecule has 0 N–H and O–H groups in total. The number of halogens is 2. The van der Waals surface area contributed by atoms with E-state index >= 15 is 0 Å². The van der Waals surface area contributed by atoms with Gasteiger partial charge in [-0.1, -0.05) is 34.1 Å². The third-order valence-corrected chi connectivity index (χ3v) is 4.42. The first-order valence-corrected chi connectivity index (χ1v) is 8.04. The average Bonchev–Trinajstić information content (AvgIpc) is 2.83. The molecule has 0 bridgehead atoms. The summed E-state index contributed by atoms with van der Waals surface area (Å²) in [4.78, 5) is 16.2. The molecule has 1 aliphatic heterocycles. The molecule has 0 radical (unpaired) electrons. The molecule has 3 nitrogen and oxygen atoms in total. The Balaban J connectivity index is 1.96. The lowest BCUT2D eigenvalue weighted by Crippen LogP contribution is -2.05. The highest BCUT2D eigenvalue weighted by atomic mass is 127. The van der Waals surface area contributed by atoms with Crippen molar-refractivity contribution in [1.82, 2.24) is 0 Å². The van der Waals surface area contributed by atoms with Crippen molar-refractivity contribution in [3.05, 3.63) is 73.4 Å². The van der Waals surface area contributed by atoms with Crippen molar-refractivity contribution >= 4 is 56.5 Å². The number of ether oxygens (including phenoxy) is 1. The van der Waals surface area contributed by atoms with Crippen molar-refractivity contribution in [3.8, 4) is 0 Å². The van der Waals surface area contributed by atoms with Gasteiger partial charge in [0, 0.05) is 13.6 Å². The summed E-state index contributed by atoms with van der Waals surface area (Å²) in [6.07, 6.45) is 1.75. The zero-order valence-corrected chi connectivity index (χ0v) is 14.5. The molecule has 2 aromatic carbocycles. The SMILES string of the molecule is O=C1OC(c2ccc(Br)cc2)=N/C1=C/c1ccccc1I. The molecule has 0 saturated carbocycles. The number of rotatable bonds is 2. The van der Waals surface area contributed by atoms with Crippen LogP contribution in [0.5, 0.6) is 0 Å². The topological polar surface area (TPSA) is 38.7 Å². The third kappa shape index (κ3) is 3.24. The summed E-state index contributed by atoms with van der Waals surface area (Å²) < 4.78 is 7.26. The minimum atomic E-state index is -0.424. The molecule has 0 aromatic heterocycles. The largest absolute Gasteiger partial charge is 0.402 e. The zero-order chi connectivity index (χ0) is 14.8. The number of esters is 1. The number of aliphatic imine (C=N–C) groups is 1. The van der Waals surface area contributed by atoms with Gasteiger partial charge < -0.3 is 4.74 Å². The molecule has 1 heterocycles.